The summed E-state index contributed by atoms with van der Waals surface area (Å²) < 4.78 is 11.1. The number of ether oxygens (including phenoxy) is 1. The summed E-state index contributed by atoms with van der Waals surface area (Å²) in [5, 5.41) is 3.19. The van der Waals surface area contributed by atoms with Crippen LogP contribution in [0.2, 0.25) is 0 Å². The van der Waals surface area contributed by atoms with Gasteiger partial charge in [0.15, 0.2) is 6.23 Å². The maximum atomic E-state index is 5.96. The number of aromatic nitrogens is 1. The number of aromatic amines is 1. The summed E-state index contributed by atoms with van der Waals surface area (Å²) in [4.78, 5) is 3.20. The first-order valence-electron chi connectivity index (χ1n) is 8.66. The molecule has 1 unspecified atom stereocenters. The number of hydrogen-bond donors (Lipinski definition) is 3. The van der Waals surface area contributed by atoms with Crippen LogP contribution in [0.1, 0.15) is 72.9 Å². The van der Waals surface area contributed by atoms with E-state index in [2.05, 4.69) is 22.9 Å². The maximum absolute atomic E-state index is 5.96. The van der Waals surface area contributed by atoms with E-state index < -0.39 is 0 Å². The number of hydrogen-bond acceptors (Lipinski definition) is 4. The van der Waals surface area contributed by atoms with Gasteiger partial charge in [0, 0.05) is 18.1 Å². The highest BCUT2D eigenvalue weighted by Crippen LogP contribution is 2.33. The Hall–Kier alpha value is -0.845. The third-order valence-electron chi connectivity index (χ3n) is 3.93. The molecule has 0 spiro atoms. The lowest BCUT2D eigenvalue weighted by Crippen LogP contribution is -2.44. The molecule has 1 aliphatic rings. The molecular weight excluding hydrogens is 319 g/mol. The zero-order chi connectivity index (χ0) is 19.0. The fraction of sp³-hybridized carbons (Fsp3) is 0.667. The molecule has 1 aromatic heterocycles. The molecule has 24 heavy (non-hydrogen) atoms. The minimum absolute atomic E-state index is 0.147. The van der Waals surface area contributed by atoms with Crippen LogP contribution in [0.3, 0.4) is 0 Å². The Kier molecular flexibility index (Phi) is 9.86. The van der Waals surface area contributed by atoms with Crippen LogP contribution >= 0.6 is 12.6 Å². The number of thiol groups is 1. The Labute approximate surface area is 154 Å². The lowest BCUT2D eigenvalue weighted by atomic mass is 9.79. The molecule has 1 aliphatic heterocycles. The van der Waals surface area contributed by atoms with Crippen molar-refractivity contribution in [2.24, 2.45) is 0 Å². The van der Waals surface area contributed by atoms with E-state index in [1.165, 1.54) is 0 Å². The molecule has 1 atom stereocenters. The third-order valence-corrected chi connectivity index (χ3v) is 4.47. The van der Waals surface area contributed by atoms with Crippen LogP contribution in [0.15, 0.2) is 18.5 Å². The van der Waals surface area contributed by atoms with Crippen molar-refractivity contribution >= 4 is 25.6 Å². The average molecular weight is 353 g/mol. The molecule has 2 rings (SSSR count). The SMILES string of the molecule is CC.CC.COC1NC=C([B]OC(C)(C)C(C)(C)S)c2cc[nH]c21. The van der Waals surface area contributed by atoms with Gasteiger partial charge in [-0.25, -0.2) is 0 Å². The van der Waals surface area contributed by atoms with Crippen molar-refractivity contribution in [2.75, 3.05) is 7.11 Å². The van der Waals surface area contributed by atoms with E-state index >= 15 is 0 Å². The van der Waals surface area contributed by atoms with Crippen LogP contribution in [0.25, 0.3) is 5.47 Å². The van der Waals surface area contributed by atoms with Crippen LogP contribution in [0.5, 0.6) is 0 Å². The van der Waals surface area contributed by atoms with Crippen molar-refractivity contribution < 1.29 is 9.39 Å². The molecular formula is C18H34BN2O2S. The van der Waals surface area contributed by atoms with Crippen molar-refractivity contribution in [1.29, 1.82) is 0 Å². The predicted molar refractivity (Wildman–Crippen MR) is 108 cm³/mol. The number of methoxy groups -OCH3 is 1. The molecule has 0 saturated carbocycles. The summed E-state index contributed by atoms with van der Waals surface area (Å²) >= 11 is 4.60. The molecule has 0 bridgehead atoms. The van der Waals surface area contributed by atoms with Gasteiger partial charge in [-0.05, 0) is 51.0 Å². The van der Waals surface area contributed by atoms with E-state index in [9.17, 15) is 0 Å². The third kappa shape index (κ3) is 5.61. The average Bonchev–Trinajstić information content (AvgIpc) is 3.05. The van der Waals surface area contributed by atoms with Gasteiger partial charge in [0.25, 0.3) is 0 Å². The second-order valence-electron chi connectivity index (χ2n) is 5.99. The van der Waals surface area contributed by atoms with Gasteiger partial charge in [-0.1, -0.05) is 27.7 Å². The second-order valence-corrected chi connectivity index (χ2v) is 7.11. The molecule has 4 nitrogen and oxygen atoms in total. The Morgan fingerprint density at radius 1 is 1.12 bits per heavy atom. The van der Waals surface area contributed by atoms with E-state index in [-0.39, 0.29) is 16.6 Å². The van der Waals surface area contributed by atoms with Gasteiger partial charge in [-0.15, -0.1) is 0 Å². The molecule has 137 valence electrons. The topological polar surface area (TPSA) is 46.3 Å². The molecule has 0 aliphatic carbocycles. The van der Waals surface area contributed by atoms with Crippen LogP contribution in [-0.2, 0) is 9.39 Å². The van der Waals surface area contributed by atoms with Crippen LogP contribution < -0.4 is 5.32 Å². The highest BCUT2D eigenvalue weighted by Gasteiger charge is 2.35. The number of rotatable bonds is 5. The number of H-pyrrole nitrogens is 1. The number of nitrogens with one attached hydrogen (secondary N) is 2. The molecule has 0 fully saturated rings. The van der Waals surface area contributed by atoms with Gasteiger partial charge < -0.3 is 19.7 Å². The molecule has 2 heterocycles. The quantitative estimate of drug-likeness (QED) is 0.529. The normalized spacial score (nSPS) is 16.4. The number of fused-ring (bicyclic) bond motifs is 1. The van der Waals surface area contributed by atoms with E-state index in [4.69, 9.17) is 9.39 Å². The zero-order valence-electron chi connectivity index (χ0n) is 16.7. The van der Waals surface area contributed by atoms with Gasteiger partial charge in [-0.2, -0.15) is 12.6 Å². The van der Waals surface area contributed by atoms with Gasteiger partial charge in [0.05, 0.1) is 11.3 Å². The molecule has 1 radical (unpaired) electrons. The highest BCUT2D eigenvalue weighted by molar-refractivity contribution is 7.81. The highest BCUT2D eigenvalue weighted by atomic mass is 32.1. The monoisotopic (exact) mass is 353 g/mol. The van der Waals surface area contributed by atoms with Crippen molar-refractivity contribution in [1.82, 2.24) is 10.3 Å². The van der Waals surface area contributed by atoms with E-state index in [0.29, 0.717) is 0 Å². The van der Waals surface area contributed by atoms with Crippen LogP contribution in [0, 0.1) is 0 Å². The summed E-state index contributed by atoms with van der Waals surface area (Å²) in [5.74, 6) is 0. The summed E-state index contributed by atoms with van der Waals surface area (Å²) in [6.45, 7) is 16.1. The van der Waals surface area contributed by atoms with Crippen molar-refractivity contribution in [3.8, 4) is 0 Å². The largest absolute Gasteiger partial charge is 0.428 e. The zero-order valence-corrected chi connectivity index (χ0v) is 17.5. The van der Waals surface area contributed by atoms with Crippen molar-refractivity contribution in [2.45, 2.75) is 72.0 Å². The molecule has 6 heteroatoms. The first-order valence-corrected chi connectivity index (χ1v) is 9.11. The first-order chi connectivity index (χ1) is 11.3. The molecule has 2 N–H and O–H groups in total. The van der Waals surface area contributed by atoms with Gasteiger partial charge in [0.1, 0.15) is 0 Å². The molecule has 0 amide bonds. The van der Waals surface area contributed by atoms with Crippen LogP contribution in [0.4, 0.5) is 0 Å². The van der Waals surface area contributed by atoms with E-state index in [0.717, 1.165) is 16.7 Å². The summed E-state index contributed by atoms with van der Waals surface area (Å²) in [6.07, 6.45) is 3.66. The summed E-state index contributed by atoms with van der Waals surface area (Å²) in [5.41, 5.74) is 2.70. The Morgan fingerprint density at radius 2 is 1.71 bits per heavy atom. The van der Waals surface area contributed by atoms with E-state index in [1.54, 1.807) is 14.6 Å². The maximum Gasteiger partial charge on any atom is 0.332 e. The van der Waals surface area contributed by atoms with Crippen molar-refractivity contribution in [3.63, 3.8) is 0 Å². The lowest BCUT2D eigenvalue weighted by molar-refractivity contribution is 0.0800. The minimum Gasteiger partial charge on any atom is -0.428 e. The molecule has 1 aromatic rings. The Morgan fingerprint density at radius 3 is 2.21 bits per heavy atom. The Bertz CT molecular complexity index is 507. The minimum atomic E-state index is -0.383. The fourth-order valence-electron chi connectivity index (χ4n) is 1.82. The lowest BCUT2D eigenvalue weighted by Gasteiger charge is -2.38. The first kappa shape index (κ1) is 23.2. The summed E-state index contributed by atoms with van der Waals surface area (Å²) in [7, 11) is 3.46. The Balaban J connectivity index is 0.00000123. The van der Waals surface area contributed by atoms with Crippen LogP contribution in [-0.4, -0.2) is 29.9 Å². The standard InChI is InChI=1S/C14H22BN2O2S.2C2H6/c1-13(2,14(3,4)20)19-15-10-8-17-12(18-5)11-9(10)6-7-16-11;2*1-2/h6-8,12,16-17,20H,1-5H3;2*1-2H3. The van der Waals surface area contributed by atoms with Gasteiger partial charge >= 0.3 is 7.48 Å². The fourth-order valence-corrected chi connectivity index (χ4v) is 1.87. The summed E-state index contributed by atoms with van der Waals surface area (Å²) in [6, 6.07) is 2.02. The van der Waals surface area contributed by atoms with E-state index in [1.807, 2.05) is 73.9 Å². The second kappa shape index (κ2) is 10.2. The van der Waals surface area contributed by atoms with Gasteiger partial charge in [-0.3, -0.25) is 0 Å². The van der Waals surface area contributed by atoms with Crippen molar-refractivity contribution in [3.05, 3.63) is 29.7 Å². The smallest absolute Gasteiger partial charge is 0.332 e. The molecule has 0 aromatic carbocycles. The molecule has 0 saturated heterocycles. The van der Waals surface area contributed by atoms with Gasteiger partial charge in [0.2, 0.25) is 0 Å². The predicted octanol–water partition coefficient (Wildman–Crippen LogP) is 4.74.